The van der Waals surface area contributed by atoms with Crippen molar-refractivity contribution in [3.05, 3.63) is 53.6 Å². The zero-order valence-electron chi connectivity index (χ0n) is 15.4. The van der Waals surface area contributed by atoms with E-state index in [0.29, 0.717) is 28.4 Å². The first kappa shape index (κ1) is 20.8. The Morgan fingerprint density at radius 1 is 1.25 bits per heavy atom. The average molecular weight is 425 g/mol. The molecule has 1 amide bonds. The zero-order valence-corrected chi connectivity index (χ0v) is 17.0. The maximum Gasteiger partial charge on any atom is 0.303 e. The third-order valence-corrected chi connectivity index (χ3v) is 7.47. The molecular formula is C19H22ClN2O5P. The van der Waals surface area contributed by atoms with Gasteiger partial charge < -0.3 is 9.26 Å². The third-order valence-electron chi connectivity index (χ3n) is 4.52. The number of ether oxygens (including phenoxy) is 1. The number of nitrogens with one attached hydrogen (secondary N) is 1. The van der Waals surface area contributed by atoms with Crippen LogP contribution in [0, 0.1) is 0 Å². The predicted octanol–water partition coefficient (Wildman–Crippen LogP) is 3.96. The van der Waals surface area contributed by atoms with Crippen LogP contribution in [0.4, 0.5) is 0 Å². The number of halogens is 1. The highest BCUT2D eigenvalue weighted by Gasteiger charge is 2.40. The van der Waals surface area contributed by atoms with E-state index in [4.69, 9.17) is 26.1 Å². The van der Waals surface area contributed by atoms with Crippen molar-refractivity contribution < 1.29 is 23.8 Å². The van der Waals surface area contributed by atoms with Gasteiger partial charge in [0.2, 0.25) is 0 Å². The first-order chi connectivity index (χ1) is 13.4. The Balaban J connectivity index is 1.85. The number of nitrogens with zero attached hydrogens (tertiary/aromatic N) is 1. The van der Waals surface area contributed by atoms with Gasteiger partial charge in [0, 0.05) is 11.1 Å². The van der Waals surface area contributed by atoms with E-state index in [9.17, 15) is 9.36 Å². The molecule has 2 aromatic carbocycles. The smallest absolute Gasteiger partial charge is 0.303 e. The lowest BCUT2D eigenvalue weighted by Crippen LogP contribution is -2.40. The highest BCUT2D eigenvalue weighted by molar-refractivity contribution is 7.64. The maximum absolute atomic E-state index is 13.7. The Kier molecular flexibility index (Phi) is 6.75. The number of rotatable bonds is 5. The summed E-state index contributed by atoms with van der Waals surface area (Å²) in [5.74, 6) is 0.560. The molecule has 7 nitrogen and oxygen atoms in total. The fourth-order valence-corrected chi connectivity index (χ4v) is 5.62. The standard InChI is InChI=1S/C19H22ClN2O5P/c1-14-3-2-12-26-28(25,22(14)13-19(23)21-24)18-10-8-17(9-11-18)27-16-6-4-15(20)5-7-16/h4-11,14,24H,2-3,12-13H2,1H3,(H,21,23). The van der Waals surface area contributed by atoms with E-state index in [-0.39, 0.29) is 12.6 Å². The molecule has 1 fully saturated rings. The predicted molar refractivity (Wildman–Crippen MR) is 106 cm³/mol. The van der Waals surface area contributed by atoms with Crippen LogP contribution in [0.25, 0.3) is 0 Å². The molecule has 9 heteroatoms. The Labute approximate surface area is 168 Å². The number of hydrogen-bond acceptors (Lipinski definition) is 5. The summed E-state index contributed by atoms with van der Waals surface area (Å²) in [4.78, 5) is 11.7. The molecular weight excluding hydrogens is 403 g/mol. The minimum absolute atomic E-state index is 0.143. The summed E-state index contributed by atoms with van der Waals surface area (Å²) in [5.41, 5.74) is 1.60. The number of amides is 1. The number of hydrogen-bond donors (Lipinski definition) is 2. The topological polar surface area (TPSA) is 88.1 Å². The fourth-order valence-electron chi connectivity index (χ4n) is 3.05. The van der Waals surface area contributed by atoms with Crippen molar-refractivity contribution in [2.24, 2.45) is 0 Å². The van der Waals surface area contributed by atoms with Gasteiger partial charge in [-0.15, -0.1) is 0 Å². The van der Waals surface area contributed by atoms with E-state index in [1.54, 1.807) is 54.0 Å². The van der Waals surface area contributed by atoms with Crippen molar-refractivity contribution >= 4 is 30.3 Å². The molecule has 2 aromatic rings. The summed E-state index contributed by atoms with van der Waals surface area (Å²) in [7, 11) is -3.46. The number of carbonyl (C=O) groups excluding carboxylic acids is 1. The molecule has 2 unspecified atom stereocenters. The van der Waals surface area contributed by atoms with Crippen molar-refractivity contribution in [3.63, 3.8) is 0 Å². The molecule has 2 N–H and O–H groups in total. The van der Waals surface area contributed by atoms with Crippen LogP contribution in [-0.4, -0.2) is 35.0 Å². The van der Waals surface area contributed by atoms with E-state index < -0.39 is 13.4 Å². The molecule has 2 atom stereocenters. The second-order valence-electron chi connectivity index (χ2n) is 6.53. The van der Waals surface area contributed by atoms with E-state index in [1.165, 1.54) is 4.67 Å². The van der Waals surface area contributed by atoms with Crippen molar-refractivity contribution in [2.75, 3.05) is 13.2 Å². The van der Waals surface area contributed by atoms with Crippen LogP contribution in [0.5, 0.6) is 11.5 Å². The van der Waals surface area contributed by atoms with E-state index >= 15 is 0 Å². The van der Waals surface area contributed by atoms with Gasteiger partial charge in [-0.2, -0.15) is 0 Å². The molecule has 28 heavy (non-hydrogen) atoms. The van der Waals surface area contributed by atoms with Crippen molar-refractivity contribution in [2.45, 2.75) is 25.8 Å². The lowest BCUT2D eigenvalue weighted by Gasteiger charge is -2.32. The number of hydroxylamine groups is 1. The van der Waals surface area contributed by atoms with Crippen LogP contribution in [0.3, 0.4) is 0 Å². The van der Waals surface area contributed by atoms with Crippen LogP contribution in [-0.2, 0) is 13.9 Å². The Hall–Kier alpha value is -1.89. The summed E-state index contributed by atoms with van der Waals surface area (Å²) in [6.45, 7) is 2.00. The van der Waals surface area contributed by atoms with Crippen molar-refractivity contribution in [1.29, 1.82) is 0 Å². The molecule has 0 aromatic heterocycles. The Bertz CT molecular complexity index is 860. The summed E-state index contributed by atoms with van der Waals surface area (Å²) >= 11 is 5.87. The van der Waals surface area contributed by atoms with Gasteiger partial charge in [-0.05, 0) is 68.3 Å². The molecule has 0 spiro atoms. The molecule has 0 radical (unpaired) electrons. The average Bonchev–Trinajstić information content (AvgIpc) is 2.84. The number of carbonyl (C=O) groups is 1. The lowest BCUT2D eigenvalue weighted by molar-refractivity contribution is -0.129. The van der Waals surface area contributed by atoms with Crippen LogP contribution < -0.4 is 15.5 Å². The van der Waals surface area contributed by atoms with Gasteiger partial charge in [0.1, 0.15) is 11.5 Å². The Morgan fingerprint density at radius 2 is 1.86 bits per heavy atom. The molecule has 1 aliphatic rings. The van der Waals surface area contributed by atoms with Gasteiger partial charge in [-0.25, -0.2) is 10.2 Å². The quantitative estimate of drug-likeness (QED) is 0.429. The Morgan fingerprint density at radius 3 is 2.46 bits per heavy atom. The zero-order chi connectivity index (χ0) is 20.1. The van der Waals surface area contributed by atoms with Gasteiger partial charge >= 0.3 is 7.52 Å². The maximum atomic E-state index is 13.7. The van der Waals surface area contributed by atoms with Crippen LogP contribution in [0.15, 0.2) is 48.5 Å². The third kappa shape index (κ3) is 4.74. The second kappa shape index (κ2) is 9.07. The van der Waals surface area contributed by atoms with Gasteiger partial charge in [0.15, 0.2) is 0 Å². The SMILES string of the molecule is CC1CCCOP(=O)(c2ccc(Oc3ccc(Cl)cc3)cc2)N1CC(=O)NO. The van der Waals surface area contributed by atoms with Crippen LogP contribution >= 0.6 is 19.1 Å². The summed E-state index contributed by atoms with van der Waals surface area (Å²) in [6.07, 6.45) is 1.47. The largest absolute Gasteiger partial charge is 0.457 e. The summed E-state index contributed by atoms with van der Waals surface area (Å²) in [6, 6.07) is 13.6. The van der Waals surface area contributed by atoms with Gasteiger partial charge in [-0.1, -0.05) is 11.6 Å². The molecule has 1 heterocycles. The molecule has 1 aliphatic heterocycles. The van der Waals surface area contributed by atoms with E-state index in [1.807, 2.05) is 6.92 Å². The first-order valence-electron chi connectivity index (χ1n) is 8.91. The minimum atomic E-state index is -3.46. The van der Waals surface area contributed by atoms with Gasteiger partial charge in [0.05, 0.1) is 18.5 Å². The van der Waals surface area contributed by atoms with Gasteiger partial charge in [0.25, 0.3) is 5.91 Å². The minimum Gasteiger partial charge on any atom is -0.457 e. The highest BCUT2D eigenvalue weighted by atomic mass is 35.5. The summed E-state index contributed by atoms with van der Waals surface area (Å²) < 4.78 is 26.8. The van der Waals surface area contributed by atoms with Crippen LogP contribution in [0.1, 0.15) is 19.8 Å². The lowest BCUT2D eigenvalue weighted by atomic mass is 10.2. The number of benzene rings is 2. The molecule has 3 rings (SSSR count). The van der Waals surface area contributed by atoms with E-state index in [0.717, 1.165) is 12.8 Å². The molecule has 0 aliphatic carbocycles. The van der Waals surface area contributed by atoms with Crippen molar-refractivity contribution in [1.82, 2.24) is 10.2 Å². The monoisotopic (exact) mass is 424 g/mol. The summed E-state index contributed by atoms with van der Waals surface area (Å²) in [5, 5.41) is 9.96. The van der Waals surface area contributed by atoms with Crippen LogP contribution in [0.2, 0.25) is 5.02 Å². The highest BCUT2D eigenvalue weighted by Crippen LogP contribution is 2.53. The first-order valence-corrected chi connectivity index (χ1v) is 10.9. The van der Waals surface area contributed by atoms with E-state index in [2.05, 4.69) is 0 Å². The second-order valence-corrected chi connectivity index (χ2v) is 9.29. The molecule has 150 valence electrons. The molecule has 0 saturated carbocycles. The van der Waals surface area contributed by atoms with Crippen molar-refractivity contribution in [3.8, 4) is 11.5 Å². The normalized spacial score (nSPS) is 23.0. The molecule has 1 saturated heterocycles. The van der Waals surface area contributed by atoms with Gasteiger partial charge in [-0.3, -0.25) is 14.6 Å². The fraction of sp³-hybridized carbons (Fsp3) is 0.316. The molecule has 0 bridgehead atoms.